The quantitative estimate of drug-likeness (QED) is 0.328. The van der Waals surface area contributed by atoms with E-state index in [-0.39, 0.29) is 11.6 Å². The number of nitrogens with zero attached hydrogens (tertiary/aromatic N) is 3. The molecule has 1 saturated heterocycles. The minimum atomic E-state index is -0.784. The van der Waals surface area contributed by atoms with Crippen molar-refractivity contribution in [1.29, 1.82) is 0 Å². The number of piperidine rings is 1. The van der Waals surface area contributed by atoms with Crippen molar-refractivity contribution >= 4 is 35.0 Å². The third-order valence-corrected chi connectivity index (χ3v) is 7.71. The minimum Gasteiger partial charge on any atom is -0.492 e. The maximum absolute atomic E-state index is 13.6. The molecule has 2 heterocycles. The Balaban J connectivity index is 1.45. The van der Waals surface area contributed by atoms with Gasteiger partial charge in [0, 0.05) is 23.7 Å². The second-order valence-corrected chi connectivity index (χ2v) is 10.2. The number of amides is 2. The van der Waals surface area contributed by atoms with Gasteiger partial charge in [-0.25, -0.2) is 9.69 Å². The Bertz CT molecular complexity index is 1500. The first-order valence-corrected chi connectivity index (χ1v) is 13.2. The Hall–Kier alpha value is -3.85. The summed E-state index contributed by atoms with van der Waals surface area (Å²) in [6, 6.07) is 23.9. The number of aromatic nitrogens is 2. The summed E-state index contributed by atoms with van der Waals surface area (Å²) in [5.74, 6) is -0.519. The number of halogens is 2. The zero-order chi connectivity index (χ0) is 27.6. The van der Waals surface area contributed by atoms with Crippen molar-refractivity contribution in [3.05, 3.63) is 100 Å². The van der Waals surface area contributed by atoms with Crippen LogP contribution in [0.5, 0.6) is 5.75 Å². The van der Waals surface area contributed by atoms with Gasteiger partial charge < -0.3 is 10.5 Å². The fraction of sp³-hybridized carbons (Fsp3) is 0.207. The average Bonchev–Trinajstić information content (AvgIpc) is 3.34. The molecular weight excluding hydrogens is 537 g/mol. The van der Waals surface area contributed by atoms with E-state index in [1.54, 1.807) is 27.9 Å². The number of carbonyl (C=O) groups is 2. The Labute approximate surface area is 236 Å². The number of methoxy groups -OCH3 is 1. The fourth-order valence-corrected chi connectivity index (χ4v) is 5.38. The lowest BCUT2D eigenvalue weighted by Crippen LogP contribution is -2.54. The van der Waals surface area contributed by atoms with Crippen LogP contribution in [0.1, 0.15) is 28.9 Å². The normalized spacial score (nSPS) is 15.1. The van der Waals surface area contributed by atoms with E-state index < -0.39 is 11.3 Å². The standard InChI is InChI=1S/C29H27Cl2N5O3/c1-39-26-24(27(37)34-35-17-15-29(16-18-35,28(32)38)20-7-3-2-4-8-20)33-36(23-10-6-5-9-22(23)31)25(26)19-11-13-21(30)14-12-19/h2-14H,15-18H2,1H3,(H2,32,38)(H,34,37). The van der Waals surface area contributed by atoms with Gasteiger partial charge >= 0.3 is 0 Å². The number of hydrogen-bond donors (Lipinski definition) is 2. The van der Waals surface area contributed by atoms with Crippen molar-refractivity contribution < 1.29 is 14.3 Å². The Kier molecular flexibility index (Phi) is 7.61. The predicted octanol–water partition coefficient (Wildman–Crippen LogP) is 5.02. The monoisotopic (exact) mass is 563 g/mol. The summed E-state index contributed by atoms with van der Waals surface area (Å²) in [6.45, 7) is 0.863. The fourth-order valence-electron chi connectivity index (χ4n) is 5.04. The molecule has 1 fully saturated rings. The molecule has 0 spiro atoms. The van der Waals surface area contributed by atoms with E-state index in [4.69, 9.17) is 33.7 Å². The number of rotatable bonds is 7. The molecule has 0 unspecified atom stereocenters. The lowest BCUT2D eigenvalue weighted by atomic mass is 9.72. The number of primary amides is 1. The number of hydrazine groups is 1. The van der Waals surface area contributed by atoms with Crippen molar-refractivity contribution in [1.82, 2.24) is 20.2 Å². The largest absolute Gasteiger partial charge is 0.492 e. The molecule has 3 aromatic carbocycles. The highest BCUT2D eigenvalue weighted by Gasteiger charge is 2.42. The first-order valence-electron chi connectivity index (χ1n) is 12.4. The van der Waals surface area contributed by atoms with Crippen LogP contribution in [0.15, 0.2) is 78.9 Å². The highest BCUT2D eigenvalue weighted by molar-refractivity contribution is 6.32. The SMILES string of the molecule is COc1c(C(=O)NN2CCC(C(N)=O)(c3ccccc3)CC2)nn(-c2ccccc2Cl)c1-c1ccc(Cl)cc1. The molecule has 1 aliphatic rings. The van der Waals surface area contributed by atoms with Crippen LogP contribution in [0, 0.1) is 0 Å². The highest BCUT2D eigenvalue weighted by Crippen LogP contribution is 2.38. The summed E-state index contributed by atoms with van der Waals surface area (Å²) in [4.78, 5) is 26.1. The van der Waals surface area contributed by atoms with Crippen LogP contribution in [0.3, 0.4) is 0 Å². The lowest BCUT2D eigenvalue weighted by Gasteiger charge is -2.39. The van der Waals surface area contributed by atoms with Crippen molar-refractivity contribution in [2.75, 3.05) is 20.2 Å². The molecule has 10 heteroatoms. The molecule has 1 aromatic heterocycles. The van der Waals surface area contributed by atoms with Crippen LogP contribution in [0.4, 0.5) is 0 Å². The van der Waals surface area contributed by atoms with Crippen molar-refractivity contribution in [2.24, 2.45) is 5.73 Å². The molecule has 2 amide bonds. The third-order valence-electron chi connectivity index (χ3n) is 7.13. The Morgan fingerprint density at radius 2 is 1.59 bits per heavy atom. The minimum absolute atomic E-state index is 0.0946. The summed E-state index contributed by atoms with van der Waals surface area (Å²) >= 11 is 12.6. The summed E-state index contributed by atoms with van der Waals surface area (Å²) in [5, 5.41) is 7.46. The molecule has 200 valence electrons. The van der Waals surface area contributed by atoms with Crippen LogP contribution < -0.4 is 15.9 Å². The topological polar surface area (TPSA) is 102 Å². The van der Waals surface area contributed by atoms with E-state index in [1.807, 2.05) is 60.7 Å². The van der Waals surface area contributed by atoms with Gasteiger partial charge in [-0.15, -0.1) is 0 Å². The van der Waals surface area contributed by atoms with Gasteiger partial charge in [0.25, 0.3) is 5.91 Å². The molecule has 4 aromatic rings. The van der Waals surface area contributed by atoms with Crippen LogP contribution in [0.25, 0.3) is 16.9 Å². The number of ether oxygens (including phenoxy) is 1. The van der Waals surface area contributed by atoms with Gasteiger partial charge in [0.05, 0.1) is 23.2 Å². The van der Waals surface area contributed by atoms with E-state index in [0.29, 0.717) is 53.1 Å². The first kappa shape index (κ1) is 26.7. The second-order valence-electron chi connectivity index (χ2n) is 9.34. The van der Waals surface area contributed by atoms with E-state index >= 15 is 0 Å². The zero-order valence-corrected chi connectivity index (χ0v) is 22.7. The van der Waals surface area contributed by atoms with Gasteiger partial charge in [0.15, 0.2) is 11.4 Å². The van der Waals surface area contributed by atoms with E-state index in [1.165, 1.54) is 7.11 Å². The first-order chi connectivity index (χ1) is 18.8. The summed E-state index contributed by atoms with van der Waals surface area (Å²) < 4.78 is 7.34. The maximum atomic E-state index is 13.6. The number of nitrogens with one attached hydrogen (secondary N) is 1. The number of hydrogen-bond acceptors (Lipinski definition) is 5. The smallest absolute Gasteiger partial charge is 0.289 e. The predicted molar refractivity (Wildman–Crippen MR) is 151 cm³/mol. The molecule has 0 aliphatic carbocycles. The molecule has 39 heavy (non-hydrogen) atoms. The van der Waals surface area contributed by atoms with Crippen LogP contribution in [-0.2, 0) is 10.2 Å². The number of carbonyl (C=O) groups excluding carboxylic acids is 2. The third kappa shape index (κ3) is 5.11. The van der Waals surface area contributed by atoms with E-state index in [2.05, 4.69) is 10.5 Å². The lowest BCUT2D eigenvalue weighted by molar-refractivity contribution is -0.125. The molecule has 1 aliphatic heterocycles. The van der Waals surface area contributed by atoms with Gasteiger partial charge in [-0.1, -0.05) is 77.8 Å². The average molecular weight is 564 g/mol. The van der Waals surface area contributed by atoms with Gasteiger partial charge in [-0.05, 0) is 42.7 Å². The Morgan fingerprint density at radius 1 is 0.949 bits per heavy atom. The van der Waals surface area contributed by atoms with Gasteiger partial charge in [-0.2, -0.15) is 5.10 Å². The highest BCUT2D eigenvalue weighted by atomic mass is 35.5. The van der Waals surface area contributed by atoms with Crippen molar-refractivity contribution in [3.63, 3.8) is 0 Å². The van der Waals surface area contributed by atoms with Crippen LogP contribution in [-0.4, -0.2) is 46.8 Å². The van der Waals surface area contributed by atoms with Crippen LogP contribution in [0.2, 0.25) is 10.0 Å². The Morgan fingerprint density at radius 3 is 2.21 bits per heavy atom. The van der Waals surface area contributed by atoms with E-state index in [0.717, 1.165) is 11.1 Å². The van der Waals surface area contributed by atoms with Crippen molar-refractivity contribution in [3.8, 4) is 22.7 Å². The molecule has 0 bridgehead atoms. The molecule has 0 atom stereocenters. The molecule has 8 nitrogen and oxygen atoms in total. The summed E-state index contributed by atoms with van der Waals surface area (Å²) in [6.07, 6.45) is 0.932. The van der Waals surface area contributed by atoms with E-state index in [9.17, 15) is 9.59 Å². The molecule has 0 saturated carbocycles. The number of nitrogens with two attached hydrogens (primary N) is 1. The molecule has 3 N–H and O–H groups in total. The van der Waals surface area contributed by atoms with Crippen LogP contribution >= 0.6 is 23.2 Å². The molecular formula is C29H27Cl2N5O3. The number of para-hydroxylation sites is 1. The number of benzene rings is 3. The van der Waals surface area contributed by atoms with Crippen molar-refractivity contribution in [2.45, 2.75) is 18.3 Å². The zero-order valence-electron chi connectivity index (χ0n) is 21.2. The van der Waals surface area contributed by atoms with Gasteiger partial charge in [0.1, 0.15) is 5.69 Å². The maximum Gasteiger partial charge on any atom is 0.289 e. The summed E-state index contributed by atoms with van der Waals surface area (Å²) in [7, 11) is 1.49. The van der Waals surface area contributed by atoms with Gasteiger partial charge in [-0.3, -0.25) is 15.0 Å². The second kappa shape index (κ2) is 11.1. The van der Waals surface area contributed by atoms with Gasteiger partial charge in [0.2, 0.25) is 5.91 Å². The molecule has 5 rings (SSSR count). The molecule has 0 radical (unpaired) electrons. The summed E-state index contributed by atoms with van der Waals surface area (Å²) in [5.41, 5.74) is 10.9.